The zero-order chi connectivity index (χ0) is 39.6. The summed E-state index contributed by atoms with van der Waals surface area (Å²) in [5, 5.41) is 2.51. The molecule has 7 aromatic carbocycles. The quantitative estimate of drug-likeness (QED) is 0.184. The maximum atomic E-state index is 4.91. The number of para-hydroxylation sites is 4. The van der Waals surface area contributed by atoms with Crippen LogP contribution in [0, 0.1) is 5.92 Å². The first-order chi connectivity index (χ1) is 28.7. The number of anilines is 3. The molecule has 2 heterocycles. The van der Waals surface area contributed by atoms with Crippen LogP contribution in [-0.4, -0.2) is 19.9 Å². The van der Waals surface area contributed by atoms with Crippen molar-refractivity contribution in [2.75, 3.05) is 4.90 Å². The van der Waals surface area contributed by atoms with Crippen LogP contribution >= 0.6 is 0 Å². The molecule has 3 aliphatic rings. The third-order valence-electron chi connectivity index (χ3n) is 13.7. The van der Waals surface area contributed by atoms with Gasteiger partial charge in [-0.2, -0.15) is 0 Å². The van der Waals surface area contributed by atoms with Crippen molar-refractivity contribution in [1.29, 1.82) is 0 Å². The summed E-state index contributed by atoms with van der Waals surface area (Å²) in [5.74, 6) is 2.49. The number of nitrogens with zero attached hydrogens (tertiary/aromatic N) is 3. The summed E-state index contributed by atoms with van der Waals surface area (Å²) in [6, 6.07) is 54.7. The van der Waals surface area contributed by atoms with Gasteiger partial charge in [0.05, 0.1) is 27.8 Å². The first kappa shape index (κ1) is 34.1. The highest BCUT2D eigenvalue weighted by Gasteiger charge is 2.50. The minimum Gasteiger partial charge on any atom is -0.338 e. The maximum Gasteiger partial charge on any atom is 0.138 e. The fourth-order valence-corrected chi connectivity index (χ4v) is 10.6. The second kappa shape index (κ2) is 12.3. The molecule has 0 radical (unpaired) electrons. The van der Waals surface area contributed by atoms with E-state index in [1.54, 1.807) is 0 Å². The van der Waals surface area contributed by atoms with E-state index in [9.17, 15) is 0 Å². The highest BCUT2D eigenvalue weighted by atomic mass is 15.1. The second-order valence-electron chi connectivity index (χ2n) is 17.6. The Balaban J connectivity index is 1.03. The summed E-state index contributed by atoms with van der Waals surface area (Å²) >= 11 is 0. The lowest BCUT2D eigenvalue weighted by Gasteiger charge is -2.33. The first-order valence-electron chi connectivity index (χ1n) is 20.7. The number of aromatic amines is 2. The molecule has 5 nitrogen and oxygen atoms in total. The number of hydrogen-bond acceptors (Lipinski definition) is 3. The Morgan fingerprint density at radius 3 is 1.69 bits per heavy atom. The van der Waals surface area contributed by atoms with Gasteiger partial charge in [0.1, 0.15) is 11.6 Å². The Morgan fingerprint density at radius 1 is 0.542 bits per heavy atom. The largest absolute Gasteiger partial charge is 0.338 e. The monoisotopic (exact) mass is 761 g/mol. The van der Waals surface area contributed by atoms with Gasteiger partial charge in [0, 0.05) is 39.2 Å². The molecule has 12 rings (SSSR count). The van der Waals surface area contributed by atoms with Gasteiger partial charge in [-0.05, 0) is 129 Å². The van der Waals surface area contributed by atoms with Crippen LogP contribution in [0.4, 0.5) is 17.1 Å². The Hall–Kier alpha value is -6.98. The zero-order valence-electron chi connectivity index (χ0n) is 33.6. The standard InChI is InChI=1S/C54H43N5/c1-53(2)41-16-8-7-13-36(41)39-29-43-40(30-42(39)53)50-38-15-6-5-14-37(38)49(31-44(50)54(43,3)4)59(34-25-21-32(22-26-34)51-55-45-17-9-10-18-46(45)56-51)35-27-23-33(24-28-35)52-57-47-19-11-12-20-48(47)58-52/h5-31,39,42H,1-4H3,(H,55,56)(H,57,58). The van der Waals surface area contributed by atoms with Crippen LogP contribution in [0.3, 0.4) is 0 Å². The van der Waals surface area contributed by atoms with Gasteiger partial charge in [-0.3, -0.25) is 0 Å². The topological polar surface area (TPSA) is 60.6 Å². The summed E-state index contributed by atoms with van der Waals surface area (Å²) in [5.41, 5.74) is 17.8. The molecule has 2 aromatic heterocycles. The average molecular weight is 762 g/mol. The molecular formula is C54H43N5. The molecular weight excluding hydrogens is 719 g/mol. The third kappa shape index (κ3) is 4.97. The van der Waals surface area contributed by atoms with Crippen LogP contribution in [0.15, 0.2) is 169 Å². The third-order valence-corrected chi connectivity index (χ3v) is 13.7. The summed E-state index contributed by atoms with van der Waals surface area (Å²) in [4.78, 5) is 19.3. The van der Waals surface area contributed by atoms with Crippen LogP contribution in [0.25, 0.3) is 61.2 Å². The number of benzene rings is 7. The number of H-pyrrole nitrogens is 2. The Kier molecular flexibility index (Phi) is 7.09. The molecule has 0 fully saturated rings. The smallest absolute Gasteiger partial charge is 0.138 e. The lowest BCUT2D eigenvalue weighted by molar-refractivity contribution is 0.393. The number of allylic oxidation sites excluding steroid dienone is 4. The van der Waals surface area contributed by atoms with Crippen LogP contribution in [-0.2, 0) is 10.8 Å². The molecule has 59 heavy (non-hydrogen) atoms. The Labute approximate surface area is 343 Å². The Morgan fingerprint density at radius 2 is 1.08 bits per heavy atom. The van der Waals surface area contributed by atoms with Crippen molar-refractivity contribution in [3.8, 4) is 22.8 Å². The number of nitrogens with one attached hydrogen (secondary N) is 2. The van der Waals surface area contributed by atoms with E-state index in [4.69, 9.17) is 9.97 Å². The van der Waals surface area contributed by atoms with Gasteiger partial charge < -0.3 is 14.9 Å². The van der Waals surface area contributed by atoms with Crippen molar-refractivity contribution in [2.24, 2.45) is 5.92 Å². The predicted molar refractivity (Wildman–Crippen MR) is 244 cm³/mol. The van der Waals surface area contributed by atoms with Crippen molar-refractivity contribution >= 4 is 55.5 Å². The molecule has 5 heteroatoms. The predicted octanol–water partition coefficient (Wildman–Crippen LogP) is 13.7. The van der Waals surface area contributed by atoms with Crippen molar-refractivity contribution in [3.63, 3.8) is 0 Å². The van der Waals surface area contributed by atoms with Gasteiger partial charge in [-0.1, -0.05) is 113 Å². The molecule has 0 amide bonds. The van der Waals surface area contributed by atoms with E-state index >= 15 is 0 Å². The van der Waals surface area contributed by atoms with E-state index in [0.717, 1.165) is 61.9 Å². The fourth-order valence-electron chi connectivity index (χ4n) is 10.6. The number of rotatable bonds is 5. The highest BCUT2D eigenvalue weighted by Crippen LogP contribution is 2.62. The molecule has 0 saturated carbocycles. The van der Waals surface area contributed by atoms with Crippen molar-refractivity contribution in [3.05, 3.63) is 192 Å². The first-order valence-corrected chi connectivity index (χ1v) is 20.7. The minimum atomic E-state index is -0.200. The molecule has 0 bridgehead atoms. The fraction of sp³-hybridized carbons (Fsp3) is 0.148. The summed E-state index contributed by atoms with van der Waals surface area (Å²) in [6.45, 7) is 9.73. The van der Waals surface area contributed by atoms with Crippen LogP contribution in [0.1, 0.15) is 55.9 Å². The van der Waals surface area contributed by atoms with E-state index in [2.05, 4.69) is 182 Å². The SMILES string of the molecule is CC1(C)C2=CC3c4ccccc4C(C)(C)C3C=C2c2c1cc(N(c1ccc(-c3nc4ccccc4[nH]3)cc1)c1ccc(-c3nc4ccccc4[nH]3)cc1)c1ccccc21. The van der Waals surface area contributed by atoms with Gasteiger partial charge in [0.25, 0.3) is 0 Å². The molecule has 0 saturated heterocycles. The molecule has 2 N–H and O–H groups in total. The van der Waals surface area contributed by atoms with Gasteiger partial charge in [-0.25, -0.2) is 9.97 Å². The highest BCUT2D eigenvalue weighted by molar-refractivity contribution is 6.10. The van der Waals surface area contributed by atoms with E-state index in [1.807, 2.05) is 24.3 Å². The molecule has 3 aliphatic carbocycles. The molecule has 0 aliphatic heterocycles. The van der Waals surface area contributed by atoms with Crippen molar-refractivity contribution < 1.29 is 0 Å². The van der Waals surface area contributed by atoms with Crippen LogP contribution in [0.2, 0.25) is 0 Å². The van der Waals surface area contributed by atoms with Crippen molar-refractivity contribution in [2.45, 2.75) is 44.4 Å². The van der Waals surface area contributed by atoms with Crippen LogP contribution < -0.4 is 4.90 Å². The molecule has 2 unspecified atom stereocenters. The summed E-state index contributed by atoms with van der Waals surface area (Å²) in [6.07, 6.45) is 5.28. The lowest BCUT2D eigenvalue weighted by atomic mass is 9.70. The second-order valence-corrected chi connectivity index (χ2v) is 17.6. The number of fused-ring (bicyclic) bond motifs is 10. The maximum absolute atomic E-state index is 4.91. The number of hydrogen-bond donors (Lipinski definition) is 2. The number of imidazole rings is 2. The van der Waals surface area contributed by atoms with Gasteiger partial charge in [-0.15, -0.1) is 0 Å². The summed E-state index contributed by atoms with van der Waals surface area (Å²) < 4.78 is 0. The van der Waals surface area contributed by atoms with Crippen molar-refractivity contribution in [1.82, 2.24) is 19.9 Å². The molecule has 284 valence electrons. The zero-order valence-corrected chi connectivity index (χ0v) is 33.6. The normalized spacial score (nSPS) is 18.3. The van der Waals surface area contributed by atoms with Gasteiger partial charge in [0.15, 0.2) is 0 Å². The minimum absolute atomic E-state index is 0.0405. The number of aromatic nitrogens is 4. The van der Waals surface area contributed by atoms with Crippen LogP contribution in [0.5, 0.6) is 0 Å². The van der Waals surface area contributed by atoms with E-state index in [1.165, 1.54) is 44.2 Å². The lowest BCUT2D eigenvalue weighted by Crippen LogP contribution is -2.27. The molecule has 0 spiro atoms. The van der Waals surface area contributed by atoms with E-state index < -0.39 is 0 Å². The Bertz CT molecular complexity index is 3040. The summed E-state index contributed by atoms with van der Waals surface area (Å²) in [7, 11) is 0. The van der Waals surface area contributed by atoms with E-state index in [-0.39, 0.29) is 10.8 Å². The van der Waals surface area contributed by atoms with E-state index in [0.29, 0.717) is 11.8 Å². The average Bonchev–Trinajstić information content (AvgIpc) is 4.01. The van der Waals surface area contributed by atoms with Gasteiger partial charge >= 0.3 is 0 Å². The molecule has 9 aromatic rings. The molecule has 2 atom stereocenters. The van der Waals surface area contributed by atoms with Gasteiger partial charge in [0.2, 0.25) is 0 Å².